The molecule has 0 radical (unpaired) electrons. The predicted octanol–water partition coefficient (Wildman–Crippen LogP) is 7.43. The zero-order valence-electron chi connectivity index (χ0n) is 37.6. The van der Waals surface area contributed by atoms with E-state index in [2.05, 4.69) is 28.1 Å². The van der Waals surface area contributed by atoms with Crippen LogP contribution in [0.4, 0.5) is 9.59 Å². The first kappa shape index (κ1) is 52.6. The quantitative estimate of drug-likeness (QED) is 0.0811. The molecule has 0 bridgehead atoms. The van der Waals surface area contributed by atoms with Crippen molar-refractivity contribution in [3.05, 3.63) is 71.8 Å². The highest BCUT2D eigenvalue weighted by Gasteiger charge is 2.34. The van der Waals surface area contributed by atoms with Gasteiger partial charge in [-0.3, -0.25) is 0 Å². The maximum Gasteiger partial charge on any atom is 0.407 e. The molecule has 4 rings (SSSR count). The average molecular weight is 847 g/mol. The predicted molar refractivity (Wildman–Crippen MR) is 238 cm³/mol. The summed E-state index contributed by atoms with van der Waals surface area (Å²) in [6.45, 7) is 12.1. The Hall–Kier alpha value is -4.53. The molecule has 2 aromatic carbocycles. The summed E-state index contributed by atoms with van der Waals surface area (Å²) < 4.78 is 10.6. The standard InChI is InChI=1S/C24H37N3O3.C15H24N2O3.C9H13NO/c1-23(2,3)30-22(29)27-20(16-19-10-5-4-6-11-19)21(28)17-26-18-24(14-9-15-25)12-7-8-13-24;1-15(2,3)20-14(19)17-12(13(18)10-16)9-11-7-5-4-6-8-11;10-7-3-6-9(8-11)4-1-2-5-9/h4-6,10-11,20-21,26,28H,7-9,12-14,16-18H2,1-3H3,(H,27,29);4-8,12-13,18H,9-10,16H2,1-3H3,(H,17,19);8H,1-6H2/t20-,21?;12-,13?;/m00./s1. The van der Waals surface area contributed by atoms with Crippen LogP contribution in [-0.2, 0) is 27.1 Å². The number of ether oxygens (including phenoxy) is 2. The van der Waals surface area contributed by atoms with Crippen LogP contribution in [0.15, 0.2) is 60.7 Å². The van der Waals surface area contributed by atoms with Gasteiger partial charge in [0, 0.05) is 37.9 Å². The van der Waals surface area contributed by atoms with Gasteiger partial charge in [0.15, 0.2) is 0 Å². The van der Waals surface area contributed by atoms with Crippen LogP contribution in [0.2, 0.25) is 0 Å². The monoisotopic (exact) mass is 847 g/mol. The van der Waals surface area contributed by atoms with Crippen molar-refractivity contribution in [1.29, 1.82) is 10.5 Å². The summed E-state index contributed by atoms with van der Waals surface area (Å²) in [6.07, 6.45) is 11.2. The molecule has 13 nitrogen and oxygen atoms in total. The lowest BCUT2D eigenvalue weighted by molar-refractivity contribution is -0.116. The molecule has 7 N–H and O–H groups in total. The minimum atomic E-state index is -0.817. The van der Waals surface area contributed by atoms with Gasteiger partial charge in [0.2, 0.25) is 0 Å². The molecule has 2 amide bonds. The van der Waals surface area contributed by atoms with Crippen LogP contribution in [0.25, 0.3) is 0 Å². The molecule has 0 aromatic heterocycles. The number of aliphatic hydroxyl groups is 2. The lowest BCUT2D eigenvalue weighted by Crippen LogP contribution is -2.50. The molecule has 4 atom stereocenters. The Morgan fingerprint density at radius 3 is 1.57 bits per heavy atom. The molecule has 0 spiro atoms. The number of hydrogen-bond donors (Lipinski definition) is 6. The third kappa shape index (κ3) is 21.7. The number of carbonyl (C=O) groups is 3. The van der Waals surface area contributed by atoms with Gasteiger partial charge in [0.25, 0.3) is 0 Å². The van der Waals surface area contributed by atoms with Crippen molar-refractivity contribution in [2.24, 2.45) is 16.6 Å². The van der Waals surface area contributed by atoms with Gasteiger partial charge in [-0.15, -0.1) is 0 Å². The number of aliphatic hydroxyl groups excluding tert-OH is 2. The van der Waals surface area contributed by atoms with Crippen molar-refractivity contribution in [3.8, 4) is 12.1 Å². The number of benzene rings is 2. The highest BCUT2D eigenvalue weighted by molar-refractivity contribution is 5.68. The molecule has 13 heteroatoms. The Morgan fingerprint density at radius 1 is 0.738 bits per heavy atom. The molecule has 2 aliphatic rings. The van der Waals surface area contributed by atoms with Gasteiger partial charge in [0.1, 0.15) is 17.5 Å². The third-order valence-corrected chi connectivity index (χ3v) is 11.0. The fraction of sp³-hybridized carbons (Fsp3) is 0.646. The zero-order chi connectivity index (χ0) is 45.4. The number of nitrogens with one attached hydrogen (secondary N) is 3. The van der Waals surface area contributed by atoms with E-state index in [1.165, 1.54) is 12.8 Å². The molecule has 61 heavy (non-hydrogen) atoms. The highest BCUT2D eigenvalue weighted by atomic mass is 16.6. The Morgan fingerprint density at radius 2 is 1.16 bits per heavy atom. The number of nitrogens with zero attached hydrogens (tertiary/aromatic N) is 2. The van der Waals surface area contributed by atoms with Gasteiger partial charge < -0.3 is 46.2 Å². The fourth-order valence-electron chi connectivity index (χ4n) is 7.78. The molecule has 2 saturated carbocycles. The molecule has 338 valence electrons. The highest BCUT2D eigenvalue weighted by Crippen LogP contribution is 2.41. The topological polar surface area (TPSA) is 220 Å². The van der Waals surface area contributed by atoms with Gasteiger partial charge in [-0.1, -0.05) is 86.3 Å². The molecule has 2 aromatic rings. The second-order valence-corrected chi connectivity index (χ2v) is 18.6. The largest absolute Gasteiger partial charge is 0.444 e. The van der Waals surface area contributed by atoms with Crippen LogP contribution >= 0.6 is 0 Å². The van der Waals surface area contributed by atoms with Gasteiger partial charge in [-0.2, -0.15) is 10.5 Å². The summed E-state index contributed by atoms with van der Waals surface area (Å²) in [4.78, 5) is 34.8. The maximum absolute atomic E-state index is 12.3. The lowest BCUT2D eigenvalue weighted by Gasteiger charge is -2.31. The van der Waals surface area contributed by atoms with Crippen molar-refractivity contribution < 1.29 is 34.1 Å². The van der Waals surface area contributed by atoms with Crippen LogP contribution in [0, 0.1) is 33.5 Å². The fourth-order valence-corrected chi connectivity index (χ4v) is 7.78. The molecule has 2 fully saturated rings. The Bertz CT molecular complexity index is 1640. The molecule has 2 aliphatic carbocycles. The summed E-state index contributed by atoms with van der Waals surface area (Å²) in [7, 11) is 0. The Labute approximate surface area is 365 Å². The van der Waals surface area contributed by atoms with Crippen molar-refractivity contribution >= 4 is 18.5 Å². The van der Waals surface area contributed by atoms with E-state index in [1.807, 2.05) is 81.4 Å². The molecular formula is C48H74N6O7. The SMILES string of the molecule is CC(C)(C)OC(=O)N[C@@H](Cc1ccccc1)C(O)CN.CC(C)(C)OC(=O)N[C@@H](Cc1ccccc1)C(O)CNCC1(CCC#N)CCCC1.N#CCCC1(C=O)CCCC1. The maximum atomic E-state index is 12.3. The third-order valence-electron chi connectivity index (χ3n) is 11.0. The molecule has 0 aliphatic heterocycles. The van der Waals surface area contributed by atoms with E-state index in [0.29, 0.717) is 32.2 Å². The van der Waals surface area contributed by atoms with Crippen molar-refractivity contribution in [3.63, 3.8) is 0 Å². The average Bonchev–Trinajstić information content (AvgIpc) is 3.89. The number of aldehydes is 1. The van der Waals surface area contributed by atoms with Gasteiger partial charge in [0.05, 0.1) is 36.4 Å². The van der Waals surface area contributed by atoms with E-state index in [4.69, 9.17) is 25.7 Å². The number of carbonyl (C=O) groups excluding carboxylic acids is 3. The molecule has 2 unspecified atom stereocenters. The summed E-state index contributed by atoms with van der Waals surface area (Å²) >= 11 is 0. The summed E-state index contributed by atoms with van der Waals surface area (Å²) in [5.74, 6) is 0. The van der Waals surface area contributed by atoms with E-state index in [9.17, 15) is 24.6 Å². The van der Waals surface area contributed by atoms with Crippen molar-refractivity contribution in [2.75, 3.05) is 19.6 Å². The Balaban J connectivity index is 0.000000353. The van der Waals surface area contributed by atoms with Crippen LogP contribution in [0.3, 0.4) is 0 Å². The number of hydrogen-bond acceptors (Lipinski definition) is 11. The first-order valence-corrected chi connectivity index (χ1v) is 21.9. The summed E-state index contributed by atoms with van der Waals surface area (Å²) in [5, 5.41) is 47.1. The van der Waals surface area contributed by atoms with E-state index >= 15 is 0 Å². The second kappa shape index (κ2) is 26.7. The van der Waals surface area contributed by atoms with Crippen LogP contribution < -0.4 is 21.7 Å². The number of nitrogens with two attached hydrogens (primary N) is 1. The lowest BCUT2D eigenvalue weighted by atomic mass is 9.81. The number of amides is 2. The second-order valence-electron chi connectivity index (χ2n) is 18.6. The van der Waals surface area contributed by atoms with Crippen molar-refractivity contribution in [1.82, 2.24) is 16.0 Å². The summed E-state index contributed by atoms with van der Waals surface area (Å²) in [5.41, 5.74) is 6.41. The van der Waals surface area contributed by atoms with Gasteiger partial charge in [-0.25, -0.2) is 9.59 Å². The van der Waals surface area contributed by atoms with Gasteiger partial charge in [-0.05, 0) is 109 Å². The molecule has 0 heterocycles. The van der Waals surface area contributed by atoms with E-state index in [1.54, 1.807) is 20.8 Å². The van der Waals surface area contributed by atoms with E-state index in [0.717, 1.165) is 75.3 Å². The van der Waals surface area contributed by atoms with Crippen LogP contribution in [0.1, 0.15) is 130 Å². The minimum Gasteiger partial charge on any atom is -0.444 e. The summed E-state index contributed by atoms with van der Waals surface area (Å²) in [6, 6.07) is 22.8. The minimum absolute atomic E-state index is 0.0767. The van der Waals surface area contributed by atoms with Crippen LogP contribution in [0.5, 0.6) is 0 Å². The first-order chi connectivity index (χ1) is 28.9. The first-order valence-electron chi connectivity index (χ1n) is 21.9. The normalized spacial score (nSPS) is 17.2. The smallest absolute Gasteiger partial charge is 0.407 e. The van der Waals surface area contributed by atoms with E-state index < -0.39 is 47.7 Å². The van der Waals surface area contributed by atoms with Gasteiger partial charge >= 0.3 is 12.2 Å². The van der Waals surface area contributed by atoms with Crippen molar-refractivity contribution in [2.45, 2.75) is 167 Å². The molecule has 0 saturated heterocycles. The Kier molecular flexibility index (Phi) is 23.1. The zero-order valence-corrected chi connectivity index (χ0v) is 37.6. The molecular weight excluding hydrogens is 773 g/mol. The number of rotatable bonds is 18. The van der Waals surface area contributed by atoms with Crippen LogP contribution in [-0.4, -0.2) is 83.8 Å². The number of nitriles is 2. The number of alkyl carbamates (subject to hydrolysis) is 2. The van der Waals surface area contributed by atoms with E-state index in [-0.39, 0.29) is 17.4 Å².